The zero-order valence-corrected chi connectivity index (χ0v) is 5.60. The lowest BCUT2D eigenvalue weighted by atomic mass is 10.1. The highest BCUT2D eigenvalue weighted by Gasteiger charge is 2.47. The Morgan fingerprint density at radius 2 is 2.22 bits per heavy atom. The topological polar surface area (TPSA) is 35.2 Å². The molecule has 0 unspecified atom stereocenters. The van der Waals surface area contributed by atoms with E-state index in [0.29, 0.717) is 6.10 Å². The maximum atomic E-state index is 5.93. The van der Waals surface area contributed by atoms with Gasteiger partial charge in [0.05, 0.1) is 6.10 Å². The van der Waals surface area contributed by atoms with E-state index in [1.807, 2.05) is 0 Å². The van der Waals surface area contributed by atoms with Crippen molar-refractivity contribution in [2.45, 2.75) is 37.3 Å². The fraction of sp³-hybridized carbons (Fsp3) is 1.00. The predicted octanol–water partition coefficient (Wildman–Crippen LogP) is 0.657. The van der Waals surface area contributed by atoms with Crippen LogP contribution in [0.3, 0.4) is 0 Å². The van der Waals surface area contributed by atoms with Crippen LogP contribution < -0.4 is 5.73 Å². The molecule has 0 radical (unpaired) electrons. The molecule has 2 heteroatoms. The average Bonchev–Trinajstić information content (AvgIpc) is 2.46. The molecule has 2 N–H and O–H groups in total. The van der Waals surface area contributed by atoms with E-state index in [0.717, 1.165) is 6.61 Å². The zero-order valence-electron chi connectivity index (χ0n) is 5.60. The molecular formula is C7H13NO. The van der Waals surface area contributed by atoms with E-state index >= 15 is 0 Å². The van der Waals surface area contributed by atoms with Crippen LogP contribution in [0.5, 0.6) is 0 Å². The third-order valence-electron chi connectivity index (χ3n) is 2.40. The second kappa shape index (κ2) is 1.70. The summed E-state index contributed by atoms with van der Waals surface area (Å²) in [7, 11) is 0. The van der Waals surface area contributed by atoms with Gasteiger partial charge >= 0.3 is 0 Å². The number of ether oxygens (including phenoxy) is 1. The van der Waals surface area contributed by atoms with Gasteiger partial charge < -0.3 is 10.5 Å². The van der Waals surface area contributed by atoms with E-state index in [-0.39, 0.29) is 5.54 Å². The van der Waals surface area contributed by atoms with E-state index in [1.165, 1.54) is 25.7 Å². The molecule has 1 heterocycles. The Hall–Kier alpha value is -0.0800. The van der Waals surface area contributed by atoms with Crippen molar-refractivity contribution in [2.75, 3.05) is 6.61 Å². The van der Waals surface area contributed by atoms with Crippen molar-refractivity contribution in [3.8, 4) is 0 Å². The van der Waals surface area contributed by atoms with E-state index in [1.54, 1.807) is 0 Å². The van der Waals surface area contributed by atoms with Crippen molar-refractivity contribution < 1.29 is 4.74 Å². The second-order valence-electron chi connectivity index (χ2n) is 3.23. The van der Waals surface area contributed by atoms with Crippen LogP contribution in [0, 0.1) is 0 Å². The normalized spacial score (nSPS) is 39.0. The molecule has 1 aliphatic heterocycles. The highest BCUT2D eigenvalue weighted by atomic mass is 16.5. The fourth-order valence-electron chi connectivity index (χ4n) is 1.50. The van der Waals surface area contributed by atoms with Gasteiger partial charge in [-0.2, -0.15) is 0 Å². The molecule has 0 spiro atoms. The van der Waals surface area contributed by atoms with Gasteiger partial charge in [-0.3, -0.25) is 0 Å². The van der Waals surface area contributed by atoms with Crippen molar-refractivity contribution >= 4 is 0 Å². The third kappa shape index (κ3) is 0.864. The van der Waals surface area contributed by atoms with Gasteiger partial charge in [-0.1, -0.05) is 0 Å². The van der Waals surface area contributed by atoms with Crippen LogP contribution >= 0.6 is 0 Å². The Labute approximate surface area is 55.4 Å². The quantitative estimate of drug-likeness (QED) is 0.561. The van der Waals surface area contributed by atoms with E-state index < -0.39 is 0 Å². The summed E-state index contributed by atoms with van der Waals surface area (Å²) in [5.74, 6) is 0. The van der Waals surface area contributed by atoms with Gasteiger partial charge in [-0.25, -0.2) is 0 Å². The van der Waals surface area contributed by atoms with Crippen LogP contribution in [0.2, 0.25) is 0 Å². The van der Waals surface area contributed by atoms with Gasteiger partial charge in [0.2, 0.25) is 0 Å². The minimum Gasteiger partial charge on any atom is -0.376 e. The highest BCUT2D eigenvalue weighted by molar-refractivity contribution is 5.06. The van der Waals surface area contributed by atoms with Crippen molar-refractivity contribution in [3.63, 3.8) is 0 Å². The Morgan fingerprint density at radius 1 is 1.44 bits per heavy atom. The van der Waals surface area contributed by atoms with Crippen molar-refractivity contribution in [1.29, 1.82) is 0 Å². The van der Waals surface area contributed by atoms with Crippen LogP contribution in [0.1, 0.15) is 25.7 Å². The molecule has 0 aromatic heterocycles. The Morgan fingerprint density at radius 3 is 2.67 bits per heavy atom. The van der Waals surface area contributed by atoms with Gasteiger partial charge in [-0.05, 0) is 25.7 Å². The molecule has 1 aliphatic carbocycles. The fourth-order valence-corrected chi connectivity index (χ4v) is 1.50. The van der Waals surface area contributed by atoms with Crippen LogP contribution in [0.25, 0.3) is 0 Å². The predicted molar refractivity (Wildman–Crippen MR) is 35.1 cm³/mol. The monoisotopic (exact) mass is 127 g/mol. The Bertz CT molecular complexity index is 114. The molecule has 2 fully saturated rings. The molecule has 2 aliphatic rings. The molecule has 52 valence electrons. The number of hydrogen-bond acceptors (Lipinski definition) is 2. The van der Waals surface area contributed by atoms with Crippen LogP contribution in [0.4, 0.5) is 0 Å². The first-order valence-electron chi connectivity index (χ1n) is 3.72. The van der Waals surface area contributed by atoms with Crippen molar-refractivity contribution in [2.24, 2.45) is 5.73 Å². The number of rotatable bonds is 1. The van der Waals surface area contributed by atoms with Gasteiger partial charge in [0.25, 0.3) is 0 Å². The summed E-state index contributed by atoms with van der Waals surface area (Å²) in [6.07, 6.45) is 5.16. The summed E-state index contributed by atoms with van der Waals surface area (Å²) in [5.41, 5.74) is 6.03. The lowest BCUT2D eigenvalue weighted by Crippen LogP contribution is -2.36. The third-order valence-corrected chi connectivity index (χ3v) is 2.40. The van der Waals surface area contributed by atoms with E-state index in [9.17, 15) is 0 Å². The summed E-state index contributed by atoms with van der Waals surface area (Å²) in [6, 6.07) is 0. The molecule has 0 amide bonds. The van der Waals surface area contributed by atoms with Crippen molar-refractivity contribution in [3.05, 3.63) is 0 Å². The van der Waals surface area contributed by atoms with Gasteiger partial charge in [-0.15, -0.1) is 0 Å². The maximum Gasteiger partial charge on any atom is 0.0755 e. The number of hydrogen-bond donors (Lipinski definition) is 1. The molecule has 0 bridgehead atoms. The molecule has 2 nitrogen and oxygen atoms in total. The summed E-state index contributed by atoms with van der Waals surface area (Å²) < 4.78 is 5.45. The first-order valence-corrected chi connectivity index (χ1v) is 3.72. The SMILES string of the molecule is NC1([C@H]2CCCO2)CC1. The van der Waals surface area contributed by atoms with Gasteiger partial charge in [0.15, 0.2) is 0 Å². The zero-order chi connectivity index (χ0) is 6.32. The molecule has 1 saturated carbocycles. The summed E-state index contributed by atoms with van der Waals surface area (Å²) in [4.78, 5) is 0. The van der Waals surface area contributed by atoms with Crippen LogP contribution in [0.15, 0.2) is 0 Å². The minimum atomic E-state index is 0.108. The average molecular weight is 127 g/mol. The van der Waals surface area contributed by atoms with E-state index in [2.05, 4.69) is 0 Å². The maximum absolute atomic E-state index is 5.93. The summed E-state index contributed by atoms with van der Waals surface area (Å²) >= 11 is 0. The minimum absolute atomic E-state index is 0.108. The van der Waals surface area contributed by atoms with Crippen LogP contribution in [-0.2, 0) is 4.74 Å². The van der Waals surface area contributed by atoms with Crippen LogP contribution in [-0.4, -0.2) is 18.2 Å². The molecule has 0 aromatic carbocycles. The molecular weight excluding hydrogens is 114 g/mol. The summed E-state index contributed by atoms with van der Waals surface area (Å²) in [5, 5.41) is 0. The lowest BCUT2D eigenvalue weighted by molar-refractivity contribution is 0.0825. The second-order valence-corrected chi connectivity index (χ2v) is 3.23. The standard InChI is InChI=1S/C7H13NO/c8-7(3-4-7)6-2-1-5-9-6/h6H,1-5,8H2/t6-/m1/s1. The van der Waals surface area contributed by atoms with E-state index in [4.69, 9.17) is 10.5 Å². The molecule has 1 atom stereocenters. The largest absolute Gasteiger partial charge is 0.376 e. The van der Waals surface area contributed by atoms with Crippen molar-refractivity contribution in [1.82, 2.24) is 0 Å². The lowest BCUT2D eigenvalue weighted by Gasteiger charge is -2.15. The molecule has 2 rings (SSSR count). The molecule has 0 aromatic rings. The summed E-state index contributed by atoms with van der Waals surface area (Å²) in [6.45, 7) is 0.934. The Kier molecular flexibility index (Phi) is 1.08. The molecule has 1 saturated heterocycles. The molecule has 9 heavy (non-hydrogen) atoms. The van der Waals surface area contributed by atoms with Gasteiger partial charge in [0, 0.05) is 12.1 Å². The highest BCUT2D eigenvalue weighted by Crippen LogP contribution is 2.40. The smallest absolute Gasteiger partial charge is 0.0755 e. The first kappa shape index (κ1) is 5.69. The first-order chi connectivity index (χ1) is 4.31. The van der Waals surface area contributed by atoms with Gasteiger partial charge in [0.1, 0.15) is 0 Å². The Balaban J connectivity index is 1.97. The number of nitrogens with two attached hydrogens (primary N) is 1.